The molecule has 3 aromatic rings. The Balaban J connectivity index is 1.91. The van der Waals surface area contributed by atoms with Gasteiger partial charge in [-0.1, -0.05) is 5.16 Å². The average Bonchev–Trinajstić information content (AvgIpc) is 3.04. The normalized spacial score (nSPS) is 11.0. The number of carbonyl (C=O) groups is 1. The van der Waals surface area contributed by atoms with E-state index in [1.54, 1.807) is 6.07 Å². The molecule has 0 atom stereocenters. The molecule has 0 saturated heterocycles. The topological polar surface area (TPSA) is 94.0 Å². The number of hydrogen-bond donors (Lipinski definition) is 2. The van der Waals surface area contributed by atoms with Crippen LogP contribution in [0.25, 0.3) is 10.2 Å². The van der Waals surface area contributed by atoms with Crippen molar-refractivity contribution in [3.8, 4) is 0 Å². The van der Waals surface area contributed by atoms with E-state index in [4.69, 9.17) is 10.3 Å². The molecule has 3 aromatic heterocycles. The molecule has 0 aliphatic rings. The second kappa shape index (κ2) is 5.17. The predicted molar refractivity (Wildman–Crippen MR) is 81.2 cm³/mol. The van der Waals surface area contributed by atoms with E-state index < -0.39 is 0 Å². The third-order valence-electron chi connectivity index (χ3n) is 3.14. The van der Waals surface area contributed by atoms with Crippen LogP contribution in [0.3, 0.4) is 0 Å². The van der Waals surface area contributed by atoms with Gasteiger partial charge in [0.15, 0.2) is 5.76 Å². The van der Waals surface area contributed by atoms with Gasteiger partial charge >= 0.3 is 0 Å². The molecule has 0 radical (unpaired) electrons. The summed E-state index contributed by atoms with van der Waals surface area (Å²) in [6.45, 7) is 4.17. The molecular weight excluding hydrogens is 288 g/mol. The van der Waals surface area contributed by atoms with E-state index in [0.29, 0.717) is 16.3 Å². The van der Waals surface area contributed by atoms with Crippen molar-refractivity contribution in [3.63, 3.8) is 0 Å². The van der Waals surface area contributed by atoms with Crippen molar-refractivity contribution in [2.75, 3.05) is 5.73 Å². The summed E-state index contributed by atoms with van der Waals surface area (Å²) in [7, 11) is 0. The van der Waals surface area contributed by atoms with Gasteiger partial charge < -0.3 is 15.6 Å². The number of aromatic nitrogens is 2. The molecule has 21 heavy (non-hydrogen) atoms. The van der Waals surface area contributed by atoms with Crippen LogP contribution in [0.1, 0.15) is 26.7 Å². The number of rotatable bonds is 3. The highest BCUT2D eigenvalue weighted by Gasteiger charge is 2.19. The van der Waals surface area contributed by atoms with Gasteiger partial charge in [0, 0.05) is 17.1 Å². The number of nitrogens with two attached hydrogens (primary N) is 1. The zero-order valence-electron chi connectivity index (χ0n) is 11.6. The zero-order chi connectivity index (χ0) is 15.0. The molecule has 3 rings (SSSR count). The van der Waals surface area contributed by atoms with Gasteiger partial charge in [0.2, 0.25) is 0 Å². The molecule has 1 amide bonds. The number of nitrogens with one attached hydrogen (secondary N) is 1. The maximum atomic E-state index is 12.3. The van der Waals surface area contributed by atoms with Crippen molar-refractivity contribution in [1.82, 2.24) is 15.5 Å². The Labute approximate surface area is 125 Å². The van der Waals surface area contributed by atoms with Crippen LogP contribution in [0.4, 0.5) is 5.69 Å². The molecule has 0 unspecified atom stereocenters. The number of anilines is 1. The number of hydrogen-bond acceptors (Lipinski definition) is 6. The number of aryl methyl sites for hydroxylation is 2. The number of thiophene rings is 1. The quantitative estimate of drug-likeness (QED) is 0.775. The number of pyridine rings is 1. The second-order valence-electron chi connectivity index (χ2n) is 4.77. The van der Waals surface area contributed by atoms with Crippen LogP contribution < -0.4 is 11.1 Å². The lowest BCUT2D eigenvalue weighted by Gasteiger charge is -2.02. The van der Waals surface area contributed by atoms with E-state index in [1.807, 2.05) is 19.9 Å². The number of nitrogens with zero attached hydrogens (tertiary/aromatic N) is 2. The highest BCUT2D eigenvalue weighted by Crippen LogP contribution is 2.34. The Morgan fingerprint density at radius 1 is 1.48 bits per heavy atom. The maximum Gasteiger partial charge on any atom is 0.263 e. The molecule has 108 valence electrons. The van der Waals surface area contributed by atoms with Gasteiger partial charge in [0.25, 0.3) is 5.91 Å². The third kappa shape index (κ3) is 2.47. The number of amides is 1. The van der Waals surface area contributed by atoms with E-state index in [1.165, 1.54) is 17.5 Å². The summed E-state index contributed by atoms with van der Waals surface area (Å²) in [4.78, 5) is 18.0. The molecule has 3 heterocycles. The summed E-state index contributed by atoms with van der Waals surface area (Å²) in [6, 6.07) is 3.66. The summed E-state index contributed by atoms with van der Waals surface area (Å²) < 4.78 is 4.94. The molecule has 0 aliphatic carbocycles. The van der Waals surface area contributed by atoms with Gasteiger partial charge in [-0.3, -0.25) is 4.79 Å². The molecule has 0 saturated carbocycles. The summed E-state index contributed by atoms with van der Waals surface area (Å²) in [5, 5.41) is 7.21. The zero-order valence-corrected chi connectivity index (χ0v) is 12.5. The molecular formula is C14H14N4O2S. The van der Waals surface area contributed by atoms with Gasteiger partial charge in [-0.25, -0.2) is 4.98 Å². The van der Waals surface area contributed by atoms with Gasteiger partial charge in [-0.2, -0.15) is 0 Å². The van der Waals surface area contributed by atoms with Crippen molar-refractivity contribution in [1.29, 1.82) is 0 Å². The predicted octanol–water partition coefficient (Wildman–Crippen LogP) is 2.41. The van der Waals surface area contributed by atoms with Crippen molar-refractivity contribution in [2.24, 2.45) is 0 Å². The minimum atomic E-state index is -0.232. The molecule has 0 aromatic carbocycles. The summed E-state index contributed by atoms with van der Waals surface area (Å²) in [5.74, 6) is 0.358. The van der Waals surface area contributed by atoms with Crippen LogP contribution >= 0.6 is 11.3 Å². The monoisotopic (exact) mass is 302 g/mol. The van der Waals surface area contributed by atoms with Crippen LogP contribution in [0.5, 0.6) is 0 Å². The average molecular weight is 302 g/mol. The minimum Gasteiger partial charge on any atom is -0.397 e. The Bertz CT molecular complexity index is 808. The van der Waals surface area contributed by atoms with Crippen molar-refractivity contribution in [3.05, 3.63) is 40.2 Å². The largest absolute Gasteiger partial charge is 0.397 e. The van der Waals surface area contributed by atoms with Crippen LogP contribution in [0, 0.1) is 13.8 Å². The minimum absolute atomic E-state index is 0.232. The Morgan fingerprint density at radius 2 is 2.29 bits per heavy atom. The Hall–Kier alpha value is -2.41. The lowest BCUT2D eigenvalue weighted by molar-refractivity contribution is 0.0952. The summed E-state index contributed by atoms with van der Waals surface area (Å²) >= 11 is 1.30. The van der Waals surface area contributed by atoms with Gasteiger partial charge in [-0.15, -0.1) is 11.3 Å². The third-order valence-corrected chi connectivity index (χ3v) is 4.24. The Morgan fingerprint density at radius 3 is 3.00 bits per heavy atom. The van der Waals surface area contributed by atoms with Crippen LogP contribution in [0.15, 0.2) is 22.9 Å². The van der Waals surface area contributed by atoms with Crippen molar-refractivity contribution >= 4 is 33.1 Å². The first-order chi connectivity index (χ1) is 10.1. The van der Waals surface area contributed by atoms with E-state index in [0.717, 1.165) is 21.5 Å². The second-order valence-corrected chi connectivity index (χ2v) is 5.77. The first-order valence-corrected chi connectivity index (χ1v) is 7.22. The summed E-state index contributed by atoms with van der Waals surface area (Å²) in [5.41, 5.74) is 8.54. The summed E-state index contributed by atoms with van der Waals surface area (Å²) in [6.07, 6.45) is 1.53. The molecule has 0 spiro atoms. The van der Waals surface area contributed by atoms with Crippen LogP contribution in [-0.2, 0) is 6.54 Å². The molecule has 7 heteroatoms. The van der Waals surface area contributed by atoms with E-state index in [2.05, 4.69) is 15.5 Å². The van der Waals surface area contributed by atoms with Gasteiger partial charge in [0.05, 0.1) is 18.4 Å². The van der Waals surface area contributed by atoms with E-state index in [-0.39, 0.29) is 12.5 Å². The van der Waals surface area contributed by atoms with E-state index >= 15 is 0 Å². The SMILES string of the molecule is Cc1cc(C)c2c(N)c(C(=O)NCc3ccno3)sc2n1. The molecule has 3 N–H and O–H groups in total. The number of carbonyl (C=O) groups excluding carboxylic acids is 1. The van der Waals surface area contributed by atoms with Crippen molar-refractivity contribution < 1.29 is 9.32 Å². The van der Waals surface area contributed by atoms with Crippen LogP contribution in [0.2, 0.25) is 0 Å². The number of nitrogen functional groups attached to an aromatic ring is 1. The van der Waals surface area contributed by atoms with Gasteiger partial charge in [-0.05, 0) is 25.5 Å². The fraction of sp³-hybridized carbons (Fsp3) is 0.214. The molecule has 6 nitrogen and oxygen atoms in total. The first kappa shape index (κ1) is 13.6. The highest BCUT2D eigenvalue weighted by atomic mass is 32.1. The molecule has 0 fully saturated rings. The fourth-order valence-electron chi connectivity index (χ4n) is 2.22. The maximum absolute atomic E-state index is 12.3. The molecule has 0 bridgehead atoms. The smallest absolute Gasteiger partial charge is 0.263 e. The van der Waals surface area contributed by atoms with Crippen molar-refractivity contribution in [2.45, 2.75) is 20.4 Å². The highest BCUT2D eigenvalue weighted by molar-refractivity contribution is 7.21. The number of fused-ring (bicyclic) bond motifs is 1. The van der Waals surface area contributed by atoms with E-state index in [9.17, 15) is 4.79 Å². The van der Waals surface area contributed by atoms with Crippen LogP contribution in [-0.4, -0.2) is 16.0 Å². The first-order valence-electron chi connectivity index (χ1n) is 6.40. The lowest BCUT2D eigenvalue weighted by atomic mass is 10.1. The standard InChI is InChI=1S/C14H14N4O2S/c1-7-5-8(2)18-14-10(7)11(15)12(21-14)13(19)16-6-9-3-4-17-20-9/h3-5H,6,15H2,1-2H3,(H,16,19). The lowest BCUT2D eigenvalue weighted by Crippen LogP contribution is -2.22. The fourth-order valence-corrected chi connectivity index (χ4v) is 3.35. The molecule has 0 aliphatic heterocycles. The van der Waals surface area contributed by atoms with Gasteiger partial charge in [0.1, 0.15) is 9.71 Å². The Kier molecular flexibility index (Phi) is 3.34.